The standard InChI is InChI=1S/C17H20O3/c1-3-15(18)14-9-10-16(19-2)17(11-14)20-12-13-7-5-4-6-8-13/h4-11,15,18H,3,12H2,1-2H3/t15-/m0/s1. The van der Waals surface area contributed by atoms with Gasteiger partial charge in [-0.05, 0) is 29.7 Å². The van der Waals surface area contributed by atoms with Gasteiger partial charge >= 0.3 is 0 Å². The fourth-order valence-corrected chi connectivity index (χ4v) is 1.98. The molecule has 0 heterocycles. The fraction of sp³-hybridized carbons (Fsp3) is 0.294. The van der Waals surface area contributed by atoms with Gasteiger partial charge in [-0.25, -0.2) is 0 Å². The molecule has 2 aromatic rings. The van der Waals surface area contributed by atoms with Crippen LogP contribution in [0.4, 0.5) is 0 Å². The minimum absolute atomic E-state index is 0.472. The summed E-state index contributed by atoms with van der Waals surface area (Å²) in [5, 5.41) is 9.91. The zero-order chi connectivity index (χ0) is 14.4. The lowest BCUT2D eigenvalue weighted by Gasteiger charge is -2.14. The molecule has 0 radical (unpaired) electrons. The van der Waals surface area contributed by atoms with Crippen molar-refractivity contribution in [2.75, 3.05) is 7.11 Å². The summed E-state index contributed by atoms with van der Waals surface area (Å²) in [6, 6.07) is 15.5. The molecule has 0 aliphatic heterocycles. The molecule has 1 N–H and O–H groups in total. The molecule has 3 nitrogen and oxygen atoms in total. The second kappa shape index (κ2) is 6.96. The van der Waals surface area contributed by atoms with Gasteiger partial charge in [0.15, 0.2) is 11.5 Å². The van der Waals surface area contributed by atoms with E-state index in [1.807, 2.05) is 55.5 Å². The van der Waals surface area contributed by atoms with E-state index in [4.69, 9.17) is 9.47 Å². The Morgan fingerprint density at radius 2 is 1.80 bits per heavy atom. The van der Waals surface area contributed by atoms with Gasteiger partial charge in [0.1, 0.15) is 6.61 Å². The van der Waals surface area contributed by atoms with E-state index in [9.17, 15) is 5.11 Å². The van der Waals surface area contributed by atoms with Crippen LogP contribution in [0.1, 0.15) is 30.6 Å². The Morgan fingerprint density at radius 3 is 2.45 bits per heavy atom. The van der Waals surface area contributed by atoms with Crippen LogP contribution in [0.15, 0.2) is 48.5 Å². The van der Waals surface area contributed by atoms with Gasteiger partial charge in [-0.1, -0.05) is 43.3 Å². The monoisotopic (exact) mass is 272 g/mol. The van der Waals surface area contributed by atoms with Crippen LogP contribution in [-0.4, -0.2) is 12.2 Å². The number of aliphatic hydroxyl groups is 1. The third-order valence-electron chi connectivity index (χ3n) is 3.20. The summed E-state index contributed by atoms with van der Waals surface area (Å²) < 4.78 is 11.1. The molecule has 0 saturated heterocycles. The normalized spacial score (nSPS) is 11.9. The van der Waals surface area contributed by atoms with Crippen LogP contribution >= 0.6 is 0 Å². The summed E-state index contributed by atoms with van der Waals surface area (Å²) in [5.74, 6) is 1.33. The van der Waals surface area contributed by atoms with E-state index < -0.39 is 6.10 Å². The minimum Gasteiger partial charge on any atom is -0.493 e. The number of methoxy groups -OCH3 is 1. The molecule has 0 aliphatic carbocycles. The summed E-state index contributed by atoms with van der Waals surface area (Å²) >= 11 is 0. The van der Waals surface area contributed by atoms with E-state index in [-0.39, 0.29) is 0 Å². The Labute approximate surface area is 119 Å². The smallest absolute Gasteiger partial charge is 0.162 e. The molecule has 106 valence electrons. The fourth-order valence-electron chi connectivity index (χ4n) is 1.98. The number of benzene rings is 2. The first-order valence-electron chi connectivity index (χ1n) is 6.77. The second-order valence-corrected chi connectivity index (χ2v) is 4.61. The number of ether oxygens (including phenoxy) is 2. The van der Waals surface area contributed by atoms with Crippen molar-refractivity contribution >= 4 is 0 Å². The first-order valence-corrected chi connectivity index (χ1v) is 6.77. The number of hydrogen-bond donors (Lipinski definition) is 1. The third-order valence-corrected chi connectivity index (χ3v) is 3.20. The molecule has 0 aromatic heterocycles. The van der Waals surface area contributed by atoms with Crippen molar-refractivity contribution in [1.82, 2.24) is 0 Å². The summed E-state index contributed by atoms with van der Waals surface area (Å²) in [5.41, 5.74) is 1.94. The molecule has 2 rings (SSSR count). The Kier molecular flexibility index (Phi) is 5.02. The van der Waals surface area contributed by atoms with Crippen LogP contribution < -0.4 is 9.47 Å². The molecule has 0 amide bonds. The minimum atomic E-state index is -0.472. The summed E-state index contributed by atoms with van der Waals surface area (Å²) in [6.45, 7) is 2.42. The Bertz CT molecular complexity index is 537. The first-order chi connectivity index (χ1) is 9.74. The maximum Gasteiger partial charge on any atom is 0.162 e. The van der Waals surface area contributed by atoms with Crippen molar-refractivity contribution in [1.29, 1.82) is 0 Å². The van der Waals surface area contributed by atoms with Gasteiger partial charge < -0.3 is 14.6 Å². The zero-order valence-electron chi connectivity index (χ0n) is 11.9. The lowest BCUT2D eigenvalue weighted by molar-refractivity contribution is 0.172. The Hall–Kier alpha value is -2.00. The molecule has 3 heteroatoms. The van der Waals surface area contributed by atoms with Crippen LogP contribution in [0.3, 0.4) is 0 Å². The largest absolute Gasteiger partial charge is 0.493 e. The van der Waals surface area contributed by atoms with Crippen molar-refractivity contribution < 1.29 is 14.6 Å². The van der Waals surface area contributed by atoms with Crippen molar-refractivity contribution in [3.8, 4) is 11.5 Å². The number of rotatable bonds is 6. The summed E-state index contributed by atoms with van der Waals surface area (Å²) in [7, 11) is 1.61. The third kappa shape index (κ3) is 3.52. The molecule has 0 saturated carbocycles. The molecule has 0 unspecified atom stereocenters. The molecule has 0 spiro atoms. The molecule has 2 aromatic carbocycles. The molecular weight excluding hydrogens is 252 g/mol. The highest BCUT2D eigenvalue weighted by atomic mass is 16.5. The molecule has 20 heavy (non-hydrogen) atoms. The van der Waals surface area contributed by atoms with Gasteiger partial charge in [0.2, 0.25) is 0 Å². The van der Waals surface area contributed by atoms with E-state index in [2.05, 4.69) is 0 Å². The van der Waals surface area contributed by atoms with Gasteiger partial charge in [-0.15, -0.1) is 0 Å². The van der Waals surface area contributed by atoms with Crippen molar-refractivity contribution in [3.63, 3.8) is 0 Å². The summed E-state index contributed by atoms with van der Waals surface area (Å²) in [4.78, 5) is 0. The van der Waals surface area contributed by atoms with Crippen LogP contribution in [0.2, 0.25) is 0 Å². The Balaban J connectivity index is 2.16. The molecule has 1 atom stereocenters. The average molecular weight is 272 g/mol. The summed E-state index contributed by atoms with van der Waals surface area (Å²) in [6.07, 6.45) is 0.199. The highest BCUT2D eigenvalue weighted by Crippen LogP contribution is 2.31. The van der Waals surface area contributed by atoms with Crippen molar-refractivity contribution in [3.05, 3.63) is 59.7 Å². The predicted octanol–water partition coefficient (Wildman–Crippen LogP) is 3.72. The van der Waals surface area contributed by atoms with Gasteiger partial charge in [0.25, 0.3) is 0 Å². The highest BCUT2D eigenvalue weighted by molar-refractivity contribution is 5.43. The van der Waals surface area contributed by atoms with Crippen LogP contribution in [-0.2, 0) is 6.61 Å². The zero-order valence-corrected chi connectivity index (χ0v) is 11.9. The molecule has 0 bridgehead atoms. The van der Waals surface area contributed by atoms with E-state index in [1.165, 1.54) is 0 Å². The SMILES string of the molecule is CC[C@H](O)c1ccc(OC)c(OCc2ccccc2)c1. The van der Waals surface area contributed by atoms with E-state index in [0.29, 0.717) is 24.5 Å². The average Bonchev–Trinajstić information content (AvgIpc) is 2.52. The molecule has 0 aliphatic rings. The van der Waals surface area contributed by atoms with E-state index in [0.717, 1.165) is 11.1 Å². The predicted molar refractivity (Wildman–Crippen MR) is 79.0 cm³/mol. The maximum atomic E-state index is 9.91. The lowest BCUT2D eigenvalue weighted by Crippen LogP contribution is -2.00. The molecular formula is C17H20O3. The van der Waals surface area contributed by atoms with Gasteiger partial charge in [-0.2, -0.15) is 0 Å². The van der Waals surface area contributed by atoms with Crippen LogP contribution in [0.5, 0.6) is 11.5 Å². The topological polar surface area (TPSA) is 38.7 Å². The van der Waals surface area contributed by atoms with E-state index in [1.54, 1.807) is 7.11 Å². The van der Waals surface area contributed by atoms with Crippen molar-refractivity contribution in [2.45, 2.75) is 26.1 Å². The quantitative estimate of drug-likeness (QED) is 0.871. The van der Waals surface area contributed by atoms with Gasteiger partial charge in [0.05, 0.1) is 13.2 Å². The first kappa shape index (κ1) is 14.4. The lowest BCUT2D eigenvalue weighted by atomic mass is 10.1. The van der Waals surface area contributed by atoms with Crippen LogP contribution in [0, 0.1) is 0 Å². The second-order valence-electron chi connectivity index (χ2n) is 4.61. The number of hydrogen-bond acceptors (Lipinski definition) is 3. The van der Waals surface area contributed by atoms with Gasteiger partial charge in [-0.3, -0.25) is 0 Å². The highest BCUT2D eigenvalue weighted by Gasteiger charge is 2.10. The van der Waals surface area contributed by atoms with Crippen molar-refractivity contribution in [2.24, 2.45) is 0 Å². The van der Waals surface area contributed by atoms with Crippen LogP contribution in [0.25, 0.3) is 0 Å². The van der Waals surface area contributed by atoms with Gasteiger partial charge in [0, 0.05) is 0 Å². The number of aliphatic hydroxyl groups excluding tert-OH is 1. The Morgan fingerprint density at radius 1 is 1.05 bits per heavy atom. The molecule has 0 fully saturated rings. The van der Waals surface area contributed by atoms with E-state index >= 15 is 0 Å². The maximum absolute atomic E-state index is 9.91.